The zero-order chi connectivity index (χ0) is 26.2. The van der Waals surface area contributed by atoms with Gasteiger partial charge in [-0.05, 0) is 63.1 Å². The van der Waals surface area contributed by atoms with Crippen LogP contribution in [-0.4, -0.2) is 41.4 Å². The molecule has 0 aromatic heterocycles. The van der Waals surface area contributed by atoms with Crippen LogP contribution in [0, 0.1) is 11.3 Å². The highest BCUT2D eigenvalue weighted by molar-refractivity contribution is 6.37. The Kier molecular flexibility index (Phi) is 6.96. The molecule has 3 amide bonds. The number of halogens is 2. The number of amides is 3. The molecule has 0 saturated carbocycles. The van der Waals surface area contributed by atoms with Gasteiger partial charge < -0.3 is 19.7 Å². The number of nitriles is 1. The van der Waals surface area contributed by atoms with Gasteiger partial charge in [0.1, 0.15) is 17.5 Å². The highest BCUT2D eigenvalue weighted by Gasteiger charge is 2.36. The lowest BCUT2D eigenvalue weighted by atomic mass is 9.97. The molecule has 0 unspecified atom stereocenters. The third-order valence-electron chi connectivity index (χ3n) is 5.79. The van der Waals surface area contributed by atoms with Crippen LogP contribution in [0.25, 0.3) is 0 Å². The first-order chi connectivity index (χ1) is 17.1. The summed E-state index contributed by atoms with van der Waals surface area (Å²) in [5.74, 6) is 0.517. The second-order valence-corrected chi connectivity index (χ2v) is 9.34. The number of hydrogen-bond donors (Lipinski definition) is 1. The summed E-state index contributed by atoms with van der Waals surface area (Å²) in [6, 6.07) is 9.31. The van der Waals surface area contributed by atoms with Crippen LogP contribution < -0.4 is 15.1 Å². The van der Waals surface area contributed by atoms with Gasteiger partial charge in [0.2, 0.25) is 0 Å². The van der Waals surface area contributed by atoms with E-state index in [1.54, 1.807) is 23.1 Å². The number of carbonyl (C=O) groups is 2. The number of anilines is 1. The molecule has 0 bridgehead atoms. The maximum Gasteiger partial charge on any atom is 0.347 e. The maximum atomic E-state index is 13.1. The molecule has 186 valence electrons. The Morgan fingerprint density at radius 3 is 2.56 bits per heavy atom. The van der Waals surface area contributed by atoms with Gasteiger partial charge in [-0.15, -0.1) is 0 Å². The Morgan fingerprint density at radius 2 is 1.92 bits per heavy atom. The second-order valence-electron chi connectivity index (χ2n) is 8.53. The Labute approximate surface area is 218 Å². The van der Waals surface area contributed by atoms with Crippen LogP contribution in [0.15, 0.2) is 47.7 Å². The van der Waals surface area contributed by atoms with Crippen LogP contribution in [-0.2, 0) is 11.2 Å². The Balaban J connectivity index is 1.59. The fourth-order valence-electron chi connectivity index (χ4n) is 4.07. The molecule has 2 aromatic carbocycles. The van der Waals surface area contributed by atoms with Crippen LogP contribution >= 0.6 is 23.2 Å². The first-order valence-electron chi connectivity index (χ1n) is 11.1. The summed E-state index contributed by atoms with van der Waals surface area (Å²) in [6.07, 6.45) is 0.629. The van der Waals surface area contributed by atoms with E-state index in [0.29, 0.717) is 30.9 Å². The summed E-state index contributed by atoms with van der Waals surface area (Å²) >= 11 is 12.9. The van der Waals surface area contributed by atoms with Crippen LogP contribution in [0.2, 0.25) is 10.0 Å². The predicted octanol–water partition coefficient (Wildman–Crippen LogP) is 5.48. The SMILES string of the molecule is C=C1NC(=O)N(c2cc(Cl)c(Oc3ccc4c(c3)CCN(C(C)(C)OCC)C4=O)c(Cl)c2)N=C1C#N. The molecule has 0 atom stereocenters. The van der Waals surface area contributed by atoms with Crippen molar-refractivity contribution >= 4 is 46.5 Å². The average molecular weight is 528 g/mol. The molecule has 0 fully saturated rings. The lowest BCUT2D eigenvalue weighted by Crippen LogP contribution is -2.52. The van der Waals surface area contributed by atoms with E-state index in [-0.39, 0.29) is 38.8 Å². The number of allylic oxidation sites excluding steroid dienone is 1. The van der Waals surface area contributed by atoms with Crippen molar-refractivity contribution in [1.29, 1.82) is 5.26 Å². The van der Waals surface area contributed by atoms with E-state index in [1.807, 2.05) is 26.8 Å². The van der Waals surface area contributed by atoms with E-state index >= 15 is 0 Å². The molecule has 1 N–H and O–H groups in total. The summed E-state index contributed by atoms with van der Waals surface area (Å²) in [6.45, 7) is 10.2. The molecule has 0 saturated heterocycles. The number of nitrogens with zero attached hydrogens (tertiary/aromatic N) is 4. The average Bonchev–Trinajstić information content (AvgIpc) is 2.81. The van der Waals surface area contributed by atoms with E-state index in [0.717, 1.165) is 10.6 Å². The number of ether oxygens (including phenoxy) is 2. The zero-order valence-electron chi connectivity index (χ0n) is 19.9. The molecule has 2 aromatic rings. The molecule has 2 heterocycles. The third kappa shape index (κ3) is 4.75. The third-order valence-corrected chi connectivity index (χ3v) is 6.36. The maximum absolute atomic E-state index is 13.1. The predicted molar refractivity (Wildman–Crippen MR) is 137 cm³/mol. The Bertz CT molecular complexity index is 1330. The lowest BCUT2D eigenvalue weighted by molar-refractivity contribution is -0.109. The van der Waals surface area contributed by atoms with Crippen LogP contribution in [0.5, 0.6) is 11.5 Å². The normalized spacial score (nSPS) is 15.8. The van der Waals surface area contributed by atoms with Gasteiger partial charge in [0.15, 0.2) is 11.5 Å². The van der Waals surface area contributed by atoms with E-state index in [2.05, 4.69) is 17.0 Å². The van der Waals surface area contributed by atoms with Gasteiger partial charge in [0.05, 0.1) is 21.4 Å². The molecular weight excluding hydrogens is 505 g/mol. The fraction of sp³-hybridized carbons (Fsp3) is 0.280. The van der Waals surface area contributed by atoms with Gasteiger partial charge in [-0.1, -0.05) is 29.8 Å². The van der Waals surface area contributed by atoms with Gasteiger partial charge in [-0.2, -0.15) is 15.4 Å². The van der Waals surface area contributed by atoms with Crippen molar-refractivity contribution in [3.63, 3.8) is 0 Å². The quantitative estimate of drug-likeness (QED) is 0.535. The number of hydrazone groups is 1. The van der Waals surface area contributed by atoms with Crippen molar-refractivity contribution in [3.05, 3.63) is 63.8 Å². The number of carbonyl (C=O) groups excluding carboxylic acids is 2. The molecular formula is C25H23Cl2N5O4. The molecule has 0 aliphatic carbocycles. The van der Waals surface area contributed by atoms with Crippen LogP contribution in [0.3, 0.4) is 0 Å². The zero-order valence-corrected chi connectivity index (χ0v) is 21.4. The molecule has 2 aliphatic rings. The second kappa shape index (κ2) is 9.82. The van der Waals surface area contributed by atoms with Gasteiger partial charge >= 0.3 is 6.03 Å². The summed E-state index contributed by atoms with van der Waals surface area (Å²) in [7, 11) is 0. The minimum absolute atomic E-state index is 0.0472. The minimum Gasteiger partial charge on any atom is -0.454 e. The van der Waals surface area contributed by atoms with Crippen molar-refractivity contribution in [2.75, 3.05) is 18.2 Å². The Hall–Kier alpha value is -3.58. The number of hydrogen-bond acceptors (Lipinski definition) is 6. The standard InChI is InChI=1S/C25H23Cl2N5O4/c1-5-35-25(3,4)31-9-8-15-10-17(6-7-18(15)23(31)33)36-22-19(26)11-16(12-20(22)27)32-24(34)29-14(2)21(13-28)30-32/h6-7,10-12H,2,5,8-9H2,1,3-4H3,(H,29,34). The smallest absolute Gasteiger partial charge is 0.347 e. The summed E-state index contributed by atoms with van der Waals surface area (Å²) < 4.78 is 11.7. The first-order valence-corrected chi connectivity index (χ1v) is 11.9. The molecule has 11 heteroatoms. The van der Waals surface area contributed by atoms with Crippen molar-refractivity contribution in [1.82, 2.24) is 10.2 Å². The number of fused-ring (bicyclic) bond motifs is 1. The minimum atomic E-state index is -0.710. The molecule has 0 radical (unpaired) electrons. The highest BCUT2D eigenvalue weighted by atomic mass is 35.5. The van der Waals surface area contributed by atoms with Gasteiger partial charge in [0, 0.05) is 18.7 Å². The largest absolute Gasteiger partial charge is 0.454 e. The van der Waals surface area contributed by atoms with E-state index in [9.17, 15) is 14.9 Å². The molecule has 2 aliphatic heterocycles. The van der Waals surface area contributed by atoms with E-state index in [4.69, 9.17) is 32.7 Å². The molecule has 0 spiro atoms. The summed E-state index contributed by atoms with van der Waals surface area (Å²) in [4.78, 5) is 27.1. The molecule has 9 nitrogen and oxygen atoms in total. The van der Waals surface area contributed by atoms with E-state index < -0.39 is 11.8 Å². The fourth-order valence-corrected chi connectivity index (χ4v) is 4.62. The van der Waals surface area contributed by atoms with Crippen molar-refractivity contribution < 1.29 is 19.1 Å². The monoisotopic (exact) mass is 527 g/mol. The summed E-state index contributed by atoms with van der Waals surface area (Å²) in [5.41, 5.74) is 1.01. The van der Waals surface area contributed by atoms with Gasteiger partial charge in [0.25, 0.3) is 5.91 Å². The van der Waals surface area contributed by atoms with Crippen LogP contribution in [0.4, 0.5) is 10.5 Å². The molecule has 4 rings (SSSR count). The van der Waals surface area contributed by atoms with Gasteiger partial charge in [-0.3, -0.25) is 4.79 Å². The number of nitrogens with one attached hydrogen (secondary N) is 1. The highest BCUT2D eigenvalue weighted by Crippen LogP contribution is 2.41. The summed E-state index contributed by atoms with van der Waals surface area (Å²) in [5, 5.41) is 16.9. The molecule has 36 heavy (non-hydrogen) atoms. The topological polar surface area (TPSA) is 107 Å². The van der Waals surface area contributed by atoms with Crippen molar-refractivity contribution in [3.8, 4) is 17.6 Å². The number of rotatable bonds is 6. The van der Waals surface area contributed by atoms with E-state index in [1.165, 1.54) is 12.1 Å². The van der Waals surface area contributed by atoms with Crippen molar-refractivity contribution in [2.45, 2.75) is 32.9 Å². The number of benzene rings is 2. The lowest BCUT2D eigenvalue weighted by Gasteiger charge is -2.40. The Morgan fingerprint density at radius 1 is 1.22 bits per heavy atom. The number of urea groups is 1. The van der Waals surface area contributed by atoms with Crippen LogP contribution in [0.1, 0.15) is 36.7 Å². The van der Waals surface area contributed by atoms with Crippen molar-refractivity contribution in [2.24, 2.45) is 5.10 Å². The van der Waals surface area contributed by atoms with Gasteiger partial charge in [-0.25, -0.2) is 4.79 Å². The first kappa shape index (κ1) is 25.5.